The molecule has 0 aliphatic rings. The van der Waals surface area contributed by atoms with Crippen molar-refractivity contribution in [3.05, 3.63) is 77.3 Å². The van der Waals surface area contributed by atoms with Crippen LogP contribution in [0.2, 0.25) is 5.02 Å². The van der Waals surface area contributed by atoms with E-state index in [1.165, 1.54) is 0 Å². The van der Waals surface area contributed by atoms with Gasteiger partial charge in [0.25, 0.3) is 0 Å². The number of fused-ring (bicyclic) bond motifs is 1. The zero-order valence-electron chi connectivity index (χ0n) is 14.2. The number of rotatable bonds is 5. The van der Waals surface area contributed by atoms with Crippen molar-refractivity contribution in [3.63, 3.8) is 0 Å². The van der Waals surface area contributed by atoms with Crippen LogP contribution in [-0.4, -0.2) is 17.1 Å². The third-order valence-electron chi connectivity index (χ3n) is 4.11. The second-order valence-corrected chi connectivity index (χ2v) is 6.32. The van der Waals surface area contributed by atoms with Crippen LogP contribution in [0, 0.1) is 0 Å². The van der Waals surface area contributed by atoms with Crippen LogP contribution in [0.5, 0.6) is 11.5 Å². The van der Waals surface area contributed by atoms with Gasteiger partial charge in [-0.2, -0.15) is 0 Å². The van der Waals surface area contributed by atoms with Crippen molar-refractivity contribution in [1.29, 1.82) is 0 Å². The van der Waals surface area contributed by atoms with Crippen molar-refractivity contribution in [2.75, 3.05) is 7.11 Å². The van der Waals surface area contributed by atoms with E-state index in [-0.39, 0.29) is 0 Å². The molecule has 1 heterocycles. The van der Waals surface area contributed by atoms with Gasteiger partial charge < -0.3 is 14.5 Å². The number of halogens is 1. The van der Waals surface area contributed by atoms with Gasteiger partial charge in [0.15, 0.2) is 0 Å². The first-order chi connectivity index (χ1) is 12.7. The van der Waals surface area contributed by atoms with Gasteiger partial charge in [-0.25, -0.2) is 4.98 Å². The van der Waals surface area contributed by atoms with Gasteiger partial charge >= 0.3 is 0 Å². The number of nitrogens with one attached hydrogen (secondary N) is 1. The molecule has 0 saturated heterocycles. The molecule has 4 nitrogen and oxygen atoms in total. The summed E-state index contributed by atoms with van der Waals surface area (Å²) in [6.45, 7) is 0.423. The van der Waals surface area contributed by atoms with Crippen molar-refractivity contribution in [1.82, 2.24) is 9.97 Å². The molecule has 0 spiro atoms. The van der Waals surface area contributed by atoms with Gasteiger partial charge in [0.1, 0.15) is 23.9 Å². The number of benzene rings is 3. The zero-order chi connectivity index (χ0) is 17.9. The SMILES string of the molecule is COc1cccc(COc2ccc(Cl)cc2-c2nc3ccccc3[nH]2)c1. The molecule has 26 heavy (non-hydrogen) atoms. The van der Waals surface area contributed by atoms with E-state index >= 15 is 0 Å². The molecule has 0 unspecified atom stereocenters. The van der Waals surface area contributed by atoms with E-state index in [0.717, 1.165) is 39.5 Å². The van der Waals surface area contributed by atoms with Crippen molar-refractivity contribution in [2.24, 2.45) is 0 Å². The minimum atomic E-state index is 0.423. The maximum absolute atomic E-state index is 6.21. The van der Waals surface area contributed by atoms with Crippen LogP contribution in [-0.2, 0) is 6.61 Å². The molecule has 1 aromatic heterocycles. The summed E-state index contributed by atoms with van der Waals surface area (Å²) in [6, 6.07) is 21.2. The topological polar surface area (TPSA) is 47.1 Å². The molecule has 0 bridgehead atoms. The Labute approximate surface area is 156 Å². The molecule has 0 radical (unpaired) electrons. The lowest BCUT2D eigenvalue weighted by atomic mass is 10.2. The monoisotopic (exact) mass is 364 g/mol. The lowest BCUT2D eigenvalue weighted by Crippen LogP contribution is -1.98. The fourth-order valence-electron chi connectivity index (χ4n) is 2.82. The van der Waals surface area contributed by atoms with E-state index in [1.54, 1.807) is 7.11 Å². The number of hydrogen-bond donors (Lipinski definition) is 1. The average Bonchev–Trinajstić information content (AvgIpc) is 3.11. The molecule has 4 aromatic rings. The number of H-pyrrole nitrogens is 1. The molecule has 3 aromatic carbocycles. The molecule has 0 fully saturated rings. The standard InChI is InChI=1S/C21H17ClN2O2/c1-25-16-6-4-5-14(11-16)13-26-20-10-9-15(22)12-17(20)21-23-18-7-2-3-8-19(18)24-21/h2-12H,13H2,1H3,(H,23,24). The van der Waals surface area contributed by atoms with E-state index in [4.69, 9.17) is 21.1 Å². The summed E-state index contributed by atoms with van der Waals surface area (Å²) >= 11 is 6.21. The van der Waals surface area contributed by atoms with E-state index in [2.05, 4.69) is 9.97 Å². The van der Waals surface area contributed by atoms with Crippen LogP contribution in [0.1, 0.15) is 5.56 Å². The highest BCUT2D eigenvalue weighted by Crippen LogP contribution is 2.32. The minimum absolute atomic E-state index is 0.423. The molecule has 1 N–H and O–H groups in total. The second kappa shape index (κ2) is 7.10. The van der Waals surface area contributed by atoms with E-state index in [1.807, 2.05) is 66.7 Å². The quantitative estimate of drug-likeness (QED) is 0.510. The highest BCUT2D eigenvalue weighted by molar-refractivity contribution is 6.30. The van der Waals surface area contributed by atoms with Gasteiger partial charge in [-0.15, -0.1) is 0 Å². The van der Waals surface area contributed by atoms with Gasteiger partial charge in [0.2, 0.25) is 0 Å². The van der Waals surface area contributed by atoms with Gasteiger partial charge in [-0.05, 0) is 48.0 Å². The third-order valence-corrected chi connectivity index (χ3v) is 4.35. The van der Waals surface area contributed by atoms with Crippen molar-refractivity contribution in [2.45, 2.75) is 6.61 Å². The first-order valence-electron chi connectivity index (χ1n) is 8.23. The maximum Gasteiger partial charge on any atom is 0.142 e. The summed E-state index contributed by atoms with van der Waals surface area (Å²) in [4.78, 5) is 7.98. The van der Waals surface area contributed by atoms with E-state index < -0.39 is 0 Å². The first kappa shape index (κ1) is 16.5. The number of methoxy groups -OCH3 is 1. The summed E-state index contributed by atoms with van der Waals surface area (Å²) in [6.07, 6.45) is 0. The lowest BCUT2D eigenvalue weighted by molar-refractivity contribution is 0.306. The zero-order valence-corrected chi connectivity index (χ0v) is 15.0. The van der Waals surface area contributed by atoms with Crippen LogP contribution in [0.3, 0.4) is 0 Å². The van der Waals surface area contributed by atoms with Crippen LogP contribution in [0.15, 0.2) is 66.7 Å². The number of aromatic nitrogens is 2. The van der Waals surface area contributed by atoms with Gasteiger partial charge in [-0.3, -0.25) is 0 Å². The number of nitrogens with zero attached hydrogens (tertiary/aromatic N) is 1. The Morgan fingerprint density at radius 1 is 1.00 bits per heavy atom. The summed E-state index contributed by atoms with van der Waals surface area (Å²) < 4.78 is 11.3. The Kier molecular flexibility index (Phi) is 4.50. The highest BCUT2D eigenvalue weighted by atomic mass is 35.5. The Bertz CT molecular complexity index is 1030. The molecule has 0 saturated carbocycles. The minimum Gasteiger partial charge on any atom is -0.497 e. The third kappa shape index (κ3) is 3.37. The van der Waals surface area contributed by atoms with Crippen molar-refractivity contribution < 1.29 is 9.47 Å². The maximum atomic E-state index is 6.21. The Hall–Kier alpha value is -2.98. The first-order valence-corrected chi connectivity index (χ1v) is 8.61. The molecule has 5 heteroatoms. The lowest BCUT2D eigenvalue weighted by Gasteiger charge is -2.11. The van der Waals surface area contributed by atoms with Gasteiger partial charge in [-0.1, -0.05) is 35.9 Å². The Morgan fingerprint density at radius 3 is 2.73 bits per heavy atom. The fraction of sp³-hybridized carbons (Fsp3) is 0.0952. The molecule has 0 aliphatic carbocycles. The average molecular weight is 365 g/mol. The summed E-state index contributed by atoms with van der Waals surface area (Å²) in [5.74, 6) is 2.25. The molecule has 0 amide bonds. The van der Waals surface area contributed by atoms with Crippen LogP contribution in [0.4, 0.5) is 0 Å². The van der Waals surface area contributed by atoms with Crippen LogP contribution < -0.4 is 9.47 Å². The highest BCUT2D eigenvalue weighted by Gasteiger charge is 2.12. The molecular weight excluding hydrogens is 348 g/mol. The number of hydrogen-bond acceptors (Lipinski definition) is 3. The predicted octanol–water partition coefficient (Wildman–Crippen LogP) is 5.47. The normalized spacial score (nSPS) is 10.8. The smallest absolute Gasteiger partial charge is 0.142 e. The van der Waals surface area contributed by atoms with Gasteiger partial charge in [0, 0.05) is 5.02 Å². The Morgan fingerprint density at radius 2 is 1.88 bits per heavy atom. The number of ether oxygens (including phenoxy) is 2. The van der Waals surface area contributed by atoms with Crippen molar-refractivity contribution >= 4 is 22.6 Å². The molecule has 130 valence electrons. The predicted molar refractivity (Wildman–Crippen MR) is 104 cm³/mol. The molecular formula is C21H17ClN2O2. The molecule has 0 atom stereocenters. The molecule has 4 rings (SSSR count). The second-order valence-electron chi connectivity index (χ2n) is 5.88. The van der Waals surface area contributed by atoms with Gasteiger partial charge in [0.05, 0.1) is 23.7 Å². The van der Waals surface area contributed by atoms with Crippen LogP contribution >= 0.6 is 11.6 Å². The largest absolute Gasteiger partial charge is 0.497 e. The fourth-order valence-corrected chi connectivity index (χ4v) is 2.99. The summed E-state index contributed by atoms with van der Waals surface area (Å²) in [5.41, 5.74) is 3.73. The number of imidazole rings is 1. The number of aromatic amines is 1. The number of para-hydroxylation sites is 2. The van der Waals surface area contributed by atoms with Crippen molar-refractivity contribution in [3.8, 4) is 22.9 Å². The summed E-state index contributed by atoms with van der Waals surface area (Å²) in [7, 11) is 1.65. The summed E-state index contributed by atoms with van der Waals surface area (Å²) in [5, 5.41) is 0.634. The van der Waals surface area contributed by atoms with Crippen LogP contribution in [0.25, 0.3) is 22.4 Å². The molecule has 0 aliphatic heterocycles. The van der Waals surface area contributed by atoms with E-state index in [9.17, 15) is 0 Å². The Balaban J connectivity index is 1.66. The van der Waals surface area contributed by atoms with E-state index in [0.29, 0.717) is 11.6 Å².